The van der Waals surface area contributed by atoms with Gasteiger partial charge in [0.05, 0.1) is 5.56 Å². The number of halogens is 1. The quantitative estimate of drug-likeness (QED) is 0.588. The van der Waals surface area contributed by atoms with Crippen LogP contribution in [0.25, 0.3) is 0 Å². The molecule has 4 atom stereocenters. The van der Waals surface area contributed by atoms with Gasteiger partial charge in [0.1, 0.15) is 12.7 Å². The van der Waals surface area contributed by atoms with E-state index < -0.39 is 48.7 Å². The van der Waals surface area contributed by atoms with Crippen LogP contribution in [0.15, 0.2) is 30.3 Å². The fraction of sp³-hybridized carbons (Fsp3) is 0.471. The molecule has 0 bridgehead atoms. The van der Waals surface area contributed by atoms with E-state index in [9.17, 15) is 18.8 Å². The third-order valence-electron chi connectivity index (χ3n) is 3.69. The lowest BCUT2D eigenvalue weighted by atomic mass is 9.98. The van der Waals surface area contributed by atoms with Crippen molar-refractivity contribution in [2.75, 3.05) is 6.61 Å². The van der Waals surface area contributed by atoms with Gasteiger partial charge in [0.25, 0.3) is 0 Å². The summed E-state index contributed by atoms with van der Waals surface area (Å²) in [6, 6.07) is 7.98. The fourth-order valence-electron chi connectivity index (χ4n) is 2.42. The lowest BCUT2D eigenvalue weighted by Crippen LogP contribution is -2.49. The van der Waals surface area contributed by atoms with Crippen LogP contribution in [0.2, 0.25) is 0 Å². The van der Waals surface area contributed by atoms with Crippen LogP contribution in [0, 0.1) is 0 Å². The molecule has 1 aliphatic rings. The Bertz CT molecular complexity index is 648. The van der Waals surface area contributed by atoms with E-state index in [0.29, 0.717) is 0 Å². The van der Waals surface area contributed by atoms with E-state index in [1.165, 1.54) is 26.0 Å². The summed E-state index contributed by atoms with van der Waals surface area (Å²) in [5.41, 5.74) is -1.68. The van der Waals surface area contributed by atoms with Crippen LogP contribution in [-0.2, 0) is 28.5 Å². The summed E-state index contributed by atoms with van der Waals surface area (Å²) in [5, 5.41) is 0. The maximum absolute atomic E-state index is 14.9. The van der Waals surface area contributed by atoms with E-state index in [4.69, 9.17) is 18.9 Å². The highest BCUT2D eigenvalue weighted by Gasteiger charge is 2.59. The van der Waals surface area contributed by atoms with E-state index in [-0.39, 0.29) is 5.56 Å². The van der Waals surface area contributed by atoms with Crippen LogP contribution in [0.4, 0.5) is 4.39 Å². The molecule has 1 aromatic rings. The van der Waals surface area contributed by atoms with Crippen LogP contribution in [0.1, 0.15) is 31.1 Å². The number of hydrogen-bond acceptors (Lipinski definition) is 7. The van der Waals surface area contributed by atoms with Gasteiger partial charge < -0.3 is 18.9 Å². The van der Waals surface area contributed by atoms with Gasteiger partial charge in [-0.25, -0.2) is 9.18 Å². The summed E-state index contributed by atoms with van der Waals surface area (Å²) in [6.45, 7) is 3.16. The minimum Gasteiger partial charge on any atom is -0.463 e. The highest BCUT2D eigenvalue weighted by Crippen LogP contribution is 2.38. The molecule has 7 nitrogen and oxygen atoms in total. The zero-order valence-corrected chi connectivity index (χ0v) is 14.1. The van der Waals surface area contributed by atoms with Crippen LogP contribution in [-0.4, -0.2) is 48.7 Å². The predicted molar refractivity (Wildman–Crippen MR) is 82.2 cm³/mol. The van der Waals surface area contributed by atoms with E-state index >= 15 is 0 Å². The van der Waals surface area contributed by atoms with Crippen molar-refractivity contribution in [3.05, 3.63) is 35.9 Å². The smallest absolute Gasteiger partial charge is 0.339 e. The molecule has 1 aromatic carbocycles. The molecular formula is C17H19FO7. The second-order valence-electron chi connectivity index (χ2n) is 5.76. The van der Waals surface area contributed by atoms with Crippen LogP contribution < -0.4 is 0 Å². The number of benzene rings is 1. The maximum atomic E-state index is 14.9. The molecule has 25 heavy (non-hydrogen) atoms. The van der Waals surface area contributed by atoms with Gasteiger partial charge >= 0.3 is 17.9 Å². The van der Waals surface area contributed by atoms with Crippen molar-refractivity contribution in [1.82, 2.24) is 0 Å². The topological polar surface area (TPSA) is 88.1 Å². The maximum Gasteiger partial charge on any atom is 0.339 e. The van der Waals surface area contributed by atoms with Gasteiger partial charge in [0.2, 0.25) is 11.9 Å². The molecular weight excluding hydrogens is 335 g/mol. The molecule has 0 N–H and O–H groups in total. The zero-order valence-electron chi connectivity index (χ0n) is 14.1. The second kappa shape index (κ2) is 7.60. The lowest BCUT2D eigenvalue weighted by molar-refractivity contribution is -0.206. The average Bonchev–Trinajstić information content (AvgIpc) is 2.78. The number of ether oxygens (including phenoxy) is 4. The summed E-state index contributed by atoms with van der Waals surface area (Å²) < 4.78 is 35.2. The van der Waals surface area contributed by atoms with Gasteiger partial charge in [-0.2, -0.15) is 0 Å². The molecule has 1 unspecified atom stereocenters. The Morgan fingerprint density at radius 1 is 1.16 bits per heavy atom. The van der Waals surface area contributed by atoms with Gasteiger partial charge in [-0.05, 0) is 19.1 Å². The number of esters is 3. The molecule has 0 aromatic heterocycles. The van der Waals surface area contributed by atoms with Crippen LogP contribution in [0.5, 0.6) is 0 Å². The first kappa shape index (κ1) is 18.9. The molecule has 8 heteroatoms. The number of carbonyl (C=O) groups excluding carboxylic acids is 3. The highest BCUT2D eigenvalue weighted by molar-refractivity contribution is 5.89. The average molecular weight is 354 g/mol. The Balaban J connectivity index is 2.20. The first-order valence-electron chi connectivity index (χ1n) is 7.62. The molecule has 2 rings (SSSR count). The van der Waals surface area contributed by atoms with Gasteiger partial charge in [-0.1, -0.05) is 18.2 Å². The third-order valence-corrected chi connectivity index (χ3v) is 3.69. The van der Waals surface area contributed by atoms with Crippen molar-refractivity contribution in [3.63, 3.8) is 0 Å². The van der Waals surface area contributed by atoms with E-state index in [0.717, 1.165) is 6.92 Å². The van der Waals surface area contributed by atoms with Crippen molar-refractivity contribution in [2.45, 2.75) is 44.9 Å². The van der Waals surface area contributed by atoms with Gasteiger partial charge in [-0.15, -0.1) is 0 Å². The van der Waals surface area contributed by atoms with Crippen molar-refractivity contribution in [1.29, 1.82) is 0 Å². The summed E-state index contributed by atoms with van der Waals surface area (Å²) in [4.78, 5) is 34.5. The first-order valence-corrected chi connectivity index (χ1v) is 7.62. The summed E-state index contributed by atoms with van der Waals surface area (Å²) in [7, 11) is 0. The number of hydrogen-bond donors (Lipinski definition) is 0. The monoisotopic (exact) mass is 354 g/mol. The van der Waals surface area contributed by atoms with Gasteiger partial charge in [-0.3, -0.25) is 9.59 Å². The highest BCUT2D eigenvalue weighted by atomic mass is 19.1. The molecule has 0 radical (unpaired) electrons. The summed E-state index contributed by atoms with van der Waals surface area (Å²) in [6.07, 6.45) is -4.57. The van der Waals surface area contributed by atoms with Gasteiger partial charge in [0, 0.05) is 13.8 Å². The molecule has 0 saturated carbocycles. The molecule has 1 fully saturated rings. The Morgan fingerprint density at radius 2 is 1.80 bits per heavy atom. The number of alkyl halides is 1. The van der Waals surface area contributed by atoms with Crippen molar-refractivity contribution >= 4 is 17.9 Å². The van der Waals surface area contributed by atoms with E-state index in [1.54, 1.807) is 18.2 Å². The standard InChI is InChI=1S/C17H19FO7/c1-10(19)22-9-13-14(18)17(3,16(24-13)23-11(2)20)25-15(21)12-7-5-4-6-8-12/h4-8,13-14,16H,9H2,1-3H3/t13-,14-,16?,17-/m1/s1. The normalized spacial score (nSPS) is 28.2. The number of carbonyl (C=O) groups is 3. The summed E-state index contributed by atoms with van der Waals surface area (Å²) >= 11 is 0. The third kappa shape index (κ3) is 4.33. The zero-order chi connectivity index (χ0) is 18.6. The summed E-state index contributed by atoms with van der Waals surface area (Å²) in [5.74, 6) is -2.14. The SMILES string of the molecule is CC(=O)OC[C@H]1OC(OC(C)=O)[C@](C)(OC(=O)c2ccccc2)[C@@H]1F. The fourth-order valence-corrected chi connectivity index (χ4v) is 2.42. The van der Waals surface area contributed by atoms with Crippen molar-refractivity contribution < 1.29 is 37.7 Å². The van der Waals surface area contributed by atoms with Crippen LogP contribution in [0.3, 0.4) is 0 Å². The molecule has 0 spiro atoms. The van der Waals surface area contributed by atoms with Crippen molar-refractivity contribution in [3.8, 4) is 0 Å². The Hall–Kier alpha value is -2.48. The Morgan fingerprint density at radius 3 is 2.36 bits per heavy atom. The first-order chi connectivity index (χ1) is 11.7. The molecule has 0 amide bonds. The van der Waals surface area contributed by atoms with E-state index in [1.807, 2.05) is 0 Å². The molecule has 1 saturated heterocycles. The van der Waals surface area contributed by atoms with Crippen molar-refractivity contribution in [2.24, 2.45) is 0 Å². The molecule has 0 aliphatic carbocycles. The molecule has 136 valence electrons. The van der Waals surface area contributed by atoms with E-state index in [2.05, 4.69) is 0 Å². The molecule has 1 heterocycles. The lowest BCUT2D eigenvalue weighted by Gasteiger charge is -2.30. The second-order valence-corrected chi connectivity index (χ2v) is 5.76. The van der Waals surface area contributed by atoms with Crippen LogP contribution >= 0.6 is 0 Å². The molecule has 1 aliphatic heterocycles. The van der Waals surface area contributed by atoms with Gasteiger partial charge in [0.15, 0.2) is 6.17 Å². The predicted octanol–water partition coefficient (Wildman–Crippen LogP) is 1.79. The minimum atomic E-state index is -1.89. The Labute approximate surface area is 144 Å². The minimum absolute atomic E-state index is 0.209. The largest absolute Gasteiger partial charge is 0.463 e. The number of rotatable bonds is 5. The Kier molecular flexibility index (Phi) is 5.73.